The molecule has 1 atom stereocenters. The van der Waals surface area contributed by atoms with E-state index in [-0.39, 0.29) is 5.91 Å². The summed E-state index contributed by atoms with van der Waals surface area (Å²) in [5, 5.41) is 0. The molecule has 0 aromatic carbocycles. The quantitative estimate of drug-likeness (QED) is 0.619. The van der Waals surface area contributed by atoms with Gasteiger partial charge in [0, 0.05) is 13.6 Å². The van der Waals surface area contributed by atoms with E-state index < -0.39 is 6.04 Å². The summed E-state index contributed by atoms with van der Waals surface area (Å²) in [5.41, 5.74) is 5.69. The number of nitrogens with zero attached hydrogens (tertiary/aromatic N) is 2. The van der Waals surface area contributed by atoms with Crippen LogP contribution in [-0.2, 0) is 4.79 Å². The van der Waals surface area contributed by atoms with Crippen LogP contribution in [0.5, 0.6) is 0 Å². The normalized spacial score (nSPS) is 12.6. The number of carbonyl (C=O) groups is 1. The van der Waals surface area contributed by atoms with E-state index in [2.05, 4.69) is 11.5 Å². The van der Waals surface area contributed by atoms with E-state index >= 15 is 0 Å². The number of likely N-dealkylation sites (N-methyl/N-ethyl adjacent to an activating group) is 1. The summed E-state index contributed by atoms with van der Waals surface area (Å²) in [6.07, 6.45) is 3.18. The first kappa shape index (κ1) is 14.1. The van der Waals surface area contributed by atoms with Crippen molar-refractivity contribution in [3.05, 3.63) is 12.7 Å². The Morgan fingerprint density at radius 3 is 2.47 bits per heavy atom. The van der Waals surface area contributed by atoms with Gasteiger partial charge >= 0.3 is 0 Å². The van der Waals surface area contributed by atoms with Crippen LogP contribution >= 0.6 is 0 Å². The van der Waals surface area contributed by atoms with Gasteiger partial charge in [0.05, 0.1) is 6.04 Å². The molecule has 88 valence electrons. The molecule has 15 heavy (non-hydrogen) atoms. The summed E-state index contributed by atoms with van der Waals surface area (Å²) < 4.78 is 0. The van der Waals surface area contributed by atoms with Crippen LogP contribution in [0.4, 0.5) is 0 Å². The average Bonchev–Trinajstić information content (AvgIpc) is 2.16. The molecule has 0 aromatic heterocycles. The predicted molar refractivity (Wildman–Crippen MR) is 63.6 cm³/mol. The first-order valence-corrected chi connectivity index (χ1v) is 5.25. The van der Waals surface area contributed by atoms with E-state index in [1.165, 1.54) is 0 Å². The fraction of sp³-hybridized carbons (Fsp3) is 0.727. The molecule has 0 aliphatic rings. The Morgan fingerprint density at radius 2 is 2.00 bits per heavy atom. The van der Waals surface area contributed by atoms with Crippen molar-refractivity contribution >= 4 is 5.91 Å². The first-order valence-electron chi connectivity index (χ1n) is 5.25. The van der Waals surface area contributed by atoms with Gasteiger partial charge in [0.1, 0.15) is 0 Å². The van der Waals surface area contributed by atoms with Gasteiger partial charge < -0.3 is 15.5 Å². The Morgan fingerprint density at radius 1 is 1.40 bits per heavy atom. The van der Waals surface area contributed by atoms with Crippen LogP contribution in [-0.4, -0.2) is 56.0 Å². The lowest BCUT2D eigenvalue weighted by Crippen LogP contribution is -2.42. The SMILES string of the molecule is C=CCC(N)C(=O)N(C)CCCN(C)C. The number of rotatable bonds is 7. The summed E-state index contributed by atoms with van der Waals surface area (Å²) in [6.45, 7) is 5.30. The van der Waals surface area contributed by atoms with Crippen molar-refractivity contribution in [2.45, 2.75) is 18.9 Å². The minimum absolute atomic E-state index is 0.00587. The summed E-state index contributed by atoms with van der Waals surface area (Å²) >= 11 is 0. The van der Waals surface area contributed by atoms with Crippen LogP contribution in [0.2, 0.25) is 0 Å². The molecule has 0 fully saturated rings. The lowest BCUT2D eigenvalue weighted by atomic mass is 10.2. The topological polar surface area (TPSA) is 49.6 Å². The highest BCUT2D eigenvalue weighted by Gasteiger charge is 2.15. The van der Waals surface area contributed by atoms with Crippen LogP contribution in [0.3, 0.4) is 0 Å². The zero-order chi connectivity index (χ0) is 11.8. The van der Waals surface area contributed by atoms with Crippen molar-refractivity contribution < 1.29 is 4.79 Å². The van der Waals surface area contributed by atoms with Crippen LogP contribution in [0, 0.1) is 0 Å². The van der Waals surface area contributed by atoms with Gasteiger partial charge in [-0.1, -0.05) is 6.08 Å². The number of carbonyl (C=O) groups excluding carboxylic acids is 1. The van der Waals surface area contributed by atoms with E-state index in [1.54, 1.807) is 18.0 Å². The molecule has 1 amide bonds. The second kappa shape index (κ2) is 7.43. The maximum atomic E-state index is 11.6. The molecule has 0 bridgehead atoms. The molecule has 0 aromatic rings. The van der Waals surface area contributed by atoms with Crippen molar-refractivity contribution in [2.75, 3.05) is 34.2 Å². The van der Waals surface area contributed by atoms with Gasteiger partial charge in [0.2, 0.25) is 5.91 Å². The third-order valence-corrected chi connectivity index (χ3v) is 2.21. The number of hydrogen-bond acceptors (Lipinski definition) is 3. The van der Waals surface area contributed by atoms with E-state index in [9.17, 15) is 4.79 Å². The predicted octanol–water partition coefficient (Wildman–Crippen LogP) is 0.300. The van der Waals surface area contributed by atoms with Gasteiger partial charge in [0.15, 0.2) is 0 Å². The second-order valence-electron chi connectivity index (χ2n) is 4.05. The average molecular weight is 213 g/mol. The molecule has 4 heteroatoms. The highest BCUT2D eigenvalue weighted by atomic mass is 16.2. The largest absolute Gasteiger partial charge is 0.344 e. The summed E-state index contributed by atoms with van der Waals surface area (Å²) in [5.74, 6) is -0.00587. The Balaban J connectivity index is 3.82. The van der Waals surface area contributed by atoms with Gasteiger partial charge in [-0.25, -0.2) is 0 Å². The highest BCUT2D eigenvalue weighted by Crippen LogP contribution is 1.97. The lowest BCUT2D eigenvalue weighted by Gasteiger charge is -2.21. The molecule has 0 saturated carbocycles. The van der Waals surface area contributed by atoms with E-state index in [1.807, 2.05) is 14.1 Å². The smallest absolute Gasteiger partial charge is 0.239 e. The third kappa shape index (κ3) is 6.25. The van der Waals surface area contributed by atoms with Gasteiger partial charge in [0.25, 0.3) is 0 Å². The molecule has 0 saturated heterocycles. The lowest BCUT2D eigenvalue weighted by molar-refractivity contribution is -0.131. The van der Waals surface area contributed by atoms with Crippen molar-refractivity contribution in [2.24, 2.45) is 5.73 Å². The maximum absolute atomic E-state index is 11.6. The fourth-order valence-corrected chi connectivity index (χ4v) is 1.30. The van der Waals surface area contributed by atoms with Gasteiger partial charge in [-0.15, -0.1) is 6.58 Å². The van der Waals surface area contributed by atoms with Crippen molar-refractivity contribution in [3.8, 4) is 0 Å². The Hall–Kier alpha value is -0.870. The summed E-state index contributed by atoms with van der Waals surface area (Å²) in [7, 11) is 5.83. The van der Waals surface area contributed by atoms with E-state index in [0.29, 0.717) is 6.42 Å². The molecular formula is C11H23N3O. The molecule has 0 radical (unpaired) electrons. The molecular weight excluding hydrogens is 190 g/mol. The minimum atomic E-state index is -0.438. The Bertz CT molecular complexity index is 204. The number of amides is 1. The Kier molecular flexibility index (Phi) is 6.99. The molecule has 2 N–H and O–H groups in total. The monoisotopic (exact) mass is 213 g/mol. The van der Waals surface area contributed by atoms with Crippen molar-refractivity contribution in [3.63, 3.8) is 0 Å². The molecule has 0 spiro atoms. The highest BCUT2D eigenvalue weighted by molar-refractivity contribution is 5.81. The number of hydrogen-bond donors (Lipinski definition) is 1. The molecule has 0 aliphatic carbocycles. The summed E-state index contributed by atoms with van der Waals surface area (Å²) in [4.78, 5) is 15.4. The minimum Gasteiger partial charge on any atom is -0.344 e. The number of nitrogens with two attached hydrogens (primary N) is 1. The summed E-state index contributed by atoms with van der Waals surface area (Å²) in [6, 6.07) is -0.438. The van der Waals surface area contributed by atoms with Crippen molar-refractivity contribution in [1.82, 2.24) is 9.80 Å². The van der Waals surface area contributed by atoms with Gasteiger partial charge in [-0.3, -0.25) is 4.79 Å². The molecule has 0 heterocycles. The van der Waals surface area contributed by atoms with Gasteiger partial charge in [-0.2, -0.15) is 0 Å². The van der Waals surface area contributed by atoms with Crippen LogP contribution < -0.4 is 5.73 Å². The molecule has 4 nitrogen and oxygen atoms in total. The first-order chi connectivity index (χ1) is 6.99. The standard InChI is InChI=1S/C11H23N3O/c1-5-7-10(12)11(15)14(4)9-6-8-13(2)3/h5,10H,1,6-9,12H2,2-4H3. The fourth-order valence-electron chi connectivity index (χ4n) is 1.30. The maximum Gasteiger partial charge on any atom is 0.239 e. The van der Waals surface area contributed by atoms with E-state index in [4.69, 9.17) is 5.73 Å². The molecule has 0 aliphatic heterocycles. The van der Waals surface area contributed by atoms with E-state index in [0.717, 1.165) is 19.5 Å². The van der Waals surface area contributed by atoms with Crippen LogP contribution in [0.15, 0.2) is 12.7 Å². The molecule has 1 unspecified atom stereocenters. The zero-order valence-corrected chi connectivity index (χ0v) is 10.1. The zero-order valence-electron chi connectivity index (χ0n) is 10.1. The van der Waals surface area contributed by atoms with Crippen molar-refractivity contribution in [1.29, 1.82) is 0 Å². The molecule has 0 rings (SSSR count). The van der Waals surface area contributed by atoms with Gasteiger partial charge in [-0.05, 0) is 33.5 Å². The van der Waals surface area contributed by atoms with Crippen LogP contribution in [0.1, 0.15) is 12.8 Å². The second-order valence-corrected chi connectivity index (χ2v) is 4.05. The van der Waals surface area contributed by atoms with Crippen LogP contribution in [0.25, 0.3) is 0 Å². The Labute approximate surface area is 92.7 Å². The third-order valence-electron chi connectivity index (χ3n) is 2.21.